The van der Waals surface area contributed by atoms with E-state index in [9.17, 15) is 4.79 Å². The summed E-state index contributed by atoms with van der Waals surface area (Å²) >= 11 is 1.61. The molecular weight excluding hydrogens is 396 g/mol. The minimum absolute atomic E-state index is 0.140. The van der Waals surface area contributed by atoms with Gasteiger partial charge < -0.3 is 9.47 Å². The molecule has 0 bridgehead atoms. The first-order valence-electron chi connectivity index (χ1n) is 9.55. The topological polar surface area (TPSA) is 59.9 Å². The maximum Gasteiger partial charge on any atom is 0.250 e. The van der Waals surface area contributed by atoms with Crippen molar-refractivity contribution < 1.29 is 14.3 Å². The van der Waals surface area contributed by atoms with Crippen LogP contribution in [-0.4, -0.2) is 32.1 Å². The molecule has 0 spiro atoms. The van der Waals surface area contributed by atoms with Crippen LogP contribution in [0.4, 0.5) is 0 Å². The number of carbonyl (C=O) groups excluding carboxylic acids is 1. The Morgan fingerprint density at radius 2 is 1.60 bits per heavy atom. The second-order valence-electron chi connectivity index (χ2n) is 6.77. The third-order valence-electron chi connectivity index (χ3n) is 4.97. The Morgan fingerprint density at radius 3 is 2.23 bits per heavy atom. The number of nitrogens with one attached hydrogen (secondary N) is 1. The van der Waals surface area contributed by atoms with Crippen LogP contribution in [0.25, 0.3) is 11.1 Å². The number of ether oxygens (including phenoxy) is 2. The van der Waals surface area contributed by atoms with Crippen molar-refractivity contribution in [2.24, 2.45) is 5.10 Å². The zero-order valence-electron chi connectivity index (χ0n) is 16.8. The van der Waals surface area contributed by atoms with Crippen molar-refractivity contribution in [2.75, 3.05) is 20.0 Å². The van der Waals surface area contributed by atoms with Gasteiger partial charge in [-0.25, -0.2) is 5.43 Å². The Kier molecular flexibility index (Phi) is 6.05. The average Bonchev–Trinajstić information content (AvgIpc) is 3.11. The minimum Gasteiger partial charge on any atom is -0.493 e. The van der Waals surface area contributed by atoms with Crippen LogP contribution >= 0.6 is 11.8 Å². The van der Waals surface area contributed by atoms with E-state index in [1.54, 1.807) is 44.3 Å². The summed E-state index contributed by atoms with van der Waals surface area (Å²) in [6.45, 7) is 0. The number of carbonyl (C=O) groups is 1. The number of hydrazone groups is 1. The van der Waals surface area contributed by atoms with Gasteiger partial charge in [0.15, 0.2) is 11.5 Å². The molecule has 0 aromatic heterocycles. The van der Waals surface area contributed by atoms with Crippen molar-refractivity contribution in [1.82, 2.24) is 5.43 Å². The van der Waals surface area contributed by atoms with Gasteiger partial charge in [-0.15, -0.1) is 11.8 Å². The first kappa shape index (κ1) is 20.0. The van der Waals surface area contributed by atoms with Gasteiger partial charge in [-0.05, 0) is 46.0 Å². The molecule has 4 rings (SSSR count). The molecule has 0 atom stereocenters. The SMILES string of the molecule is COc1ccc(/C=N/NC(=O)CSC2c3ccccc3-c3ccccc32)cc1OC. The summed E-state index contributed by atoms with van der Waals surface area (Å²) < 4.78 is 10.5. The van der Waals surface area contributed by atoms with E-state index in [2.05, 4.69) is 46.9 Å². The van der Waals surface area contributed by atoms with Crippen LogP contribution in [0.5, 0.6) is 11.5 Å². The van der Waals surface area contributed by atoms with Crippen molar-refractivity contribution in [3.05, 3.63) is 83.4 Å². The molecule has 0 saturated carbocycles. The minimum atomic E-state index is -0.140. The maximum absolute atomic E-state index is 12.3. The van der Waals surface area contributed by atoms with E-state index < -0.39 is 0 Å². The molecule has 1 aliphatic rings. The lowest BCUT2D eigenvalue weighted by Gasteiger charge is -2.12. The summed E-state index contributed by atoms with van der Waals surface area (Å²) in [4.78, 5) is 12.3. The van der Waals surface area contributed by atoms with Gasteiger partial charge in [-0.1, -0.05) is 48.5 Å². The summed E-state index contributed by atoms with van der Waals surface area (Å²) in [7, 11) is 3.17. The second-order valence-corrected chi connectivity index (χ2v) is 7.87. The van der Waals surface area contributed by atoms with Gasteiger partial charge >= 0.3 is 0 Å². The molecule has 0 fully saturated rings. The van der Waals surface area contributed by atoms with E-state index in [0.717, 1.165) is 5.56 Å². The Bertz CT molecular complexity index is 1050. The predicted octanol–water partition coefficient (Wildman–Crippen LogP) is 4.66. The van der Waals surface area contributed by atoms with Gasteiger partial charge in [0.2, 0.25) is 5.91 Å². The second kappa shape index (κ2) is 9.05. The Morgan fingerprint density at radius 1 is 0.967 bits per heavy atom. The van der Waals surface area contributed by atoms with Gasteiger partial charge in [0.05, 0.1) is 31.4 Å². The number of fused-ring (bicyclic) bond motifs is 3. The van der Waals surface area contributed by atoms with Crippen LogP contribution in [0.2, 0.25) is 0 Å². The number of rotatable bonds is 7. The van der Waals surface area contributed by atoms with Gasteiger partial charge in [0, 0.05) is 0 Å². The van der Waals surface area contributed by atoms with Gasteiger partial charge in [0.1, 0.15) is 0 Å². The smallest absolute Gasteiger partial charge is 0.250 e. The molecular formula is C24H22N2O3S. The van der Waals surface area contributed by atoms with Crippen LogP contribution < -0.4 is 14.9 Å². The number of methoxy groups -OCH3 is 2. The van der Waals surface area contributed by atoms with Crippen LogP contribution in [-0.2, 0) is 4.79 Å². The molecule has 3 aromatic rings. The summed E-state index contributed by atoms with van der Waals surface area (Å²) in [6, 6.07) is 22.2. The summed E-state index contributed by atoms with van der Waals surface area (Å²) in [5.74, 6) is 1.43. The van der Waals surface area contributed by atoms with Crippen molar-refractivity contribution in [3.8, 4) is 22.6 Å². The predicted molar refractivity (Wildman–Crippen MR) is 121 cm³/mol. The van der Waals surface area contributed by atoms with Crippen molar-refractivity contribution >= 4 is 23.9 Å². The zero-order valence-corrected chi connectivity index (χ0v) is 17.6. The maximum atomic E-state index is 12.3. The lowest BCUT2D eigenvalue weighted by atomic mass is 10.1. The molecule has 0 heterocycles. The normalized spacial score (nSPS) is 12.5. The third-order valence-corrected chi connectivity index (χ3v) is 6.24. The van der Waals surface area contributed by atoms with E-state index in [0.29, 0.717) is 17.3 Å². The lowest BCUT2D eigenvalue weighted by Crippen LogP contribution is -2.20. The van der Waals surface area contributed by atoms with E-state index >= 15 is 0 Å². The molecule has 0 radical (unpaired) electrons. The van der Waals surface area contributed by atoms with Gasteiger partial charge in [-0.2, -0.15) is 5.10 Å². The van der Waals surface area contributed by atoms with Crippen molar-refractivity contribution in [3.63, 3.8) is 0 Å². The molecule has 0 unspecified atom stereocenters. The largest absolute Gasteiger partial charge is 0.493 e. The summed E-state index contributed by atoms with van der Waals surface area (Å²) in [5, 5.41) is 4.22. The Hall–Kier alpha value is -3.25. The number of hydrogen-bond donors (Lipinski definition) is 1. The van der Waals surface area contributed by atoms with Crippen LogP contribution in [0, 0.1) is 0 Å². The molecule has 1 N–H and O–H groups in total. The third kappa shape index (κ3) is 4.04. The Balaban J connectivity index is 1.38. The highest BCUT2D eigenvalue weighted by molar-refractivity contribution is 8.00. The first-order valence-corrected chi connectivity index (χ1v) is 10.6. The average molecular weight is 419 g/mol. The van der Waals surface area contributed by atoms with Crippen molar-refractivity contribution in [2.45, 2.75) is 5.25 Å². The number of benzene rings is 3. The molecule has 1 aliphatic carbocycles. The monoisotopic (exact) mass is 418 g/mol. The van der Waals surface area contributed by atoms with Crippen molar-refractivity contribution in [1.29, 1.82) is 0 Å². The molecule has 1 amide bonds. The highest BCUT2D eigenvalue weighted by Gasteiger charge is 2.28. The molecule has 0 aliphatic heterocycles. The Labute approximate surface area is 180 Å². The van der Waals surface area contributed by atoms with E-state index in [1.807, 2.05) is 18.2 Å². The number of thioether (sulfide) groups is 1. The molecule has 5 nitrogen and oxygen atoms in total. The van der Waals surface area contributed by atoms with Crippen LogP contribution in [0.1, 0.15) is 21.9 Å². The fraction of sp³-hybridized carbons (Fsp3) is 0.167. The van der Waals surface area contributed by atoms with E-state index in [1.165, 1.54) is 22.3 Å². The van der Waals surface area contributed by atoms with Gasteiger partial charge in [0.25, 0.3) is 0 Å². The van der Waals surface area contributed by atoms with Crippen LogP contribution in [0.15, 0.2) is 71.8 Å². The standard InChI is InChI=1S/C24H22N2O3S/c1-28-21-12-11-16(13-22(21)29-2)14-25-26-23(27)15-30-24-19-9-5-3-7-17(19)18-8-4-6-10-20(18)24/h3-14,24H,15H2,1-2H3,(H,26,27)/b25-14+. The number of hydrogen-bond acceptors (Lipinski definition) is 5. The van der Waals surface area contributed by atoms with Crippen LogP contribution in [0.3, 0.4) is 0 Å². The van der Waals surface area contributed by atoms with E-state index in [-0.39, 0.29) is 11.2 Å². The highest BCUT2D eigenvalue weighted by atomic mass is 32.2. The number of nitrogens with zero attached hydrogens (tertiary/aromatic N) is 1. The number of amides is 1. The highest BCUT2D eigenvalue weighted by Crippen LogP contribution is 2.49. The molecule has 3 aromatic carbocycles. The summed E-state index contributed by atoms with van der Waals surface area (Å²) in [5.41, 5.74) is 8.42. The lowest BCUT2D eigenvalue weighted by molar-refractivity contribution is -0.118. The fourth-order valence-corrected chi connectivity index (χ4v) is 4.74. The zero-order chi connectivity index (χ0) is 20.9. The quantitative estimate of drug-likeness (QED) is 0.448. The fourth-order valence-electron chi connectivity index (χ4n) is 3.59. The van der Waals surface area contributed by atoms with Gasteiger partial charge in [-0.3, -0.25) is 4.79 Å². The molecule has 30 heavy (non-hydrogen) atoms. The summed E-state index contributed by atoms with van der Waals surface area (Å²) in [6.07, 6.45) is 1.59. The van der Waals surface area contributed by atoms with E-state index in [4.69, 9.17) is 9.47 Å². The first-order chi connectivity index (χ1) is 14.7. The molecule has 0 saturated heterocycles. The molecule has 6 heteroatoms. The molecule has 152 valence electrons.